The predicted molar refractivity (Wildman–Crippen MR) is 253 cm³/mol. The van der Waals surface area contributed by atoms with Gasteiger partial charge in [-0.3, -0.25) is 0 Å². The molecular weight excluding hydrogens is 767 g/mol. The number of furan rings is 1. The van der Waals surface area contributed by atoms with Gasteiger partial charge in [0.1, 0.15) is 22.8 Å². The van der Waals surface area contributed by atoms with E-state index >= 15 is 8.78 Å². The molecule has 10 aromatic rings. The molecule has 0 N–H and O–H groups in total. The second kappa shape index (κ2) is 14.9. The second-order valence-corrected chi connectivity index (χ2v) is 16.9. The van der Waals surface area contributed by atoms with Crippen molar-refractivity contribution in [1.29, 1.82) is 0 Å². The number of fused-ring (bicyclic) bond motifs is 4. The van der Waals surface area contributed by atoms with Gasteiger partial charge in [-0.2, -0.15) is 0 Å². The maximum Gasteiger partial charge on any atom is 0.147 e. The van der Waals surface area contributed by atoms with Crippen LogP contribution >= 0.6 is 0 Å². The topological polar surface area (TPSA) is 19.6 Å². The molecule has 0 saturated heterocycles. The summed E-state index contributed by atoms with van der Waals surface area (Å²) >= 11 is 0. The summed E-state index contributed by atoms with van der Waals surface area (Å²) in [6.07, 6.45) is 1.82. The first-order valence-corrected chi connectivity index (χ1v) is 21.2. The zero-order valence-electron chi connectivity index (χ0n) is 34.4. The minimum absolute atomic E-state index is 0.153. The van der Waals surface area contributed by atoms with Gasteiger partial charge >= 0.3 is 0 Å². The molecule has 0 amide bonds. The summed E-state index contributed by atoms with van der Waals surface area (Å²) in [4.78, 5) is 3.98. The van der Waals surface area contributed by atoms with E-state index in [0.29, 0.717) is 11.4 Å². The Morgan fingerprint density at radius 1 is 0.452 bits per heavy atom. The number of nitrogens with zero attached hydrogens (tertiary/aromatic N) is 2. The lowest BCUT2D eigenvalue weighted by Crippen LogP contribution is -2.23. The number of hydrogen-bond donors (Lipinski definition) is 0. The molecule has 0 radical (unpaired) electrons. The van der Waals surface area contributed by atoms with Crippen molar-refractivity contribution in [1.82, 2.24) is 0 Å². The highest BCUT2D eigenvalue weighted by atomic mass is 19.1. The molecule has 0 saturated carbocycles. The third kappa shape index (κ3) is 6.40. The number of para-hydroxylation sites is 2. The Balaban J connectivity index is 1.07. The average molecular weight is 809 g/mol. The molecular formula is C57H42F2N2O. The molecule has 0 atom stereocenters. The Morgan fingerprint density at radius 3 is 1.52 bits per heavy atom. The van der Waals surface area contributed by atoms with E-state index in [0.717, 1.165) is 85.2 Å². The van der Waals surface area contributed by atoms with Gasteiger partial charge in [-0.1, -0.05) is 123 Å². The third-order valence-electron chi connectivity index (χ3n) is 12.6. The minimum Gasteiger partial charge on any atom is -0.456 e. The van der Waals surface area contributed by atoms with Crippen molar-refractivity contribution in [2.24, 2.45) is 0 Å². The molecule has 9 aromatic carbocycles. The fraction of sp³-hybridized carbons (Fsp3) is 0.0877. The van der Waals surface area contributed by atoms with Gasteiger partial charge < -0.3 is 14.2 Å². The normalized spacial score (nSPS) is 13.2. The molecule has 0 aliphatic heterocycles. The molecule has 62 heavy (non-hydrogen) atoms. The van der Waals surface area contributed by atoms with Gasteiger partial charge in [-0.05, 0) is 141 Å². The number of aryl methyl sites for hydroxylation is 1. The molecule has 0 spiro atoms. The summed E-state index contributed by atoms with van der Waals surface area (Å²) in [5.41, 5.74) is 12.6. The molecule has 0 unspecified atom stereocenters. The summed E-state index contributed by atoms with van der Waals surface area (Å²) in [5.74, 6) is -0.614. The van der Waals surface area contributed by atoms with E-state index in [2.05, 4.69) is 105 Å². The average Bonchev–Trinajstić information content (AvgIpc) is 3.67. The van der Waals surface area contributed by atoms with Crippen LogP contribution in [0, 0.1) is 11.6 Å². The van der Waals surface area contributed by atoms with Crippen LogP contribution in [0.4, 0.5) is 42.9 Å². The third-order valence-corrected chi connectivity index (χ3v) is 12.6. The molecule has 3 nitrogen and oxygen atoms in total. The standard InChI is InChI=1S/C57H42F2N2O/c1-57(2)32-31-41-33-46(61(51-20-12-10-18-49(51)59)44-27-23-40(24-28-44)38-15-7-4-8-16-38)34-42-35-53-55(56(57)54(41)42)47-30-29-45(36-52(47)62-53)60(50-19-11-9-17-48(50)58)43-25-21-39(22-26-43)37-13-5-3-6-14-37/h3-30,33-36H,31-32H2,1-2H3. The van der Waals surface area contributed by atoms with Crippen molar-refractivity contribution in [3.8, 4) is 22.3 Å². The van der Waals surface area contributed by atoms with Gasteiger partial charge in [-0.15, -0.1) is 0 Å². The van der Waals surface area contributed by atoms with E-state index in [-0.39, 0.29) is 17.0 Å². The fourth-order valence-electron chi connectivity index (χ4n) is 9.56. The van der Waals surface area contributed by atoms with Crippen molar-refractivity contribution < 1.29 is 13.2 Å². The van der Waals surface area contributed by atoms with Crippen LogP contribution in [-0.2, 0) is 11.8 Å². The zero-order valence-corrected chi connectivity index (χ0v) is 34.4. The number of anilines is 6. The van der Waals surface area contributed by atoms with E-state index in [4.69, 9.17) is 4.42 Å². The van der Waals surface area contributed by atoms with E-state index in [1.165, 1.54) is 28.6 Å². The minimum atomic E-state index is -0.318. The summed E-state index contributed by atoms with van der Waals surface area (Å²) in [5, 5.41) is 4.39. The van der Waals surface area contributed by atoms with Crippen LogP contribution in [0.3, 0.4) is 0 Å². The summed E-state index contributed by atoms with van der Waals surface area (Å²) < 4.78 is 38.5. The molecule has 5 heteroatoms. The molecule has 1 aliphatic rings. The number of benzene rings is 9. The van der Waals surface area contributed by atoms with E-state index in [1.807, 2.05) is 88.7 Å². The number of rotatable bonds is 8. The molecule has 300 valence electrons. The van der Waals surface area contributed by atoms with Gasteiger partial charge in [0, 0.05) is 39.6 Å². The van der Waals surface area contributed by atoms with Crippen LogP contribution in [0.1, 0.15) is 31.4 Å². The largest absolute Gasteiger partial charge is 0.456 e. The molecule has 1 aliphatic carbocycles. The first-order chi connectivity index (χ1) is 30.3. The lowest BCUT2D eigenvalue weighted by molar-refractivity contribution is 0.478. The SMILES string of the molecule is CC1(C)CCc2cc(N(c3ccc(-c4ccccc4)cc3)c3ccccc3F)cc3cc4oc5cc(N(c6ccc(-c7ccccc7)cc6)c6ccccc6F)ccc5c4c1c23. The summed E-state index contributed by atoms with van der Waals surface area (Å²) in [6, 6.07) is 63.8. The Kier molecular flexibility index (Phi) is 9.01. The lowest BCUT2D eigenvalue weighted by atomic mass is 9.70. The van der Waals surface area contributed by atoms with Crippen LogP contribution < -0.4 is 9.80 Å². The van der Waals surface area contributed by atoms with Crippen molar-refractivity contribution >= 4 is 66.8 Å². The quantitative estimate of drug-likeness (QED) is 0.152. The van der Waals surface area contributed by atoms with Gasteiger partial charge in [-0.25, -0.2) is 8.78 Å². The van der Waals surface area contributed by atoms with Crippen molar-refractivity contribution in [2.75, 3.05) is 9.80 Å². The molecule has 1 heterocycles. The Morgan fingerprint density at radius 2 is 0.952 bits per heavy atom. The molecule has 11 rings (SSSR count). The smallest absolute Gasteiger partial charge is 0.147 e. The first-order valence-electron chi connectivity index (χ1n) is 21.2. The molecule has 0 fully saturated rings. The van der Waals surface area contributed by atoms with Crippen molar-refractivity contribution in [3.63, 3.8) is 0 Å². The Bertz CT molecular complexity index is 3280. The van der Waals surface area contributed by atoms with E-state index in [1.54, 1.807) is 12.1 Å². The predicted octanol–water partition coefficient (Wildman–Crippen LogP) is 16.5. The summed E-state index contributed by atoms with van der Waals surface area (Å²) in [6.45, 7) is 4.65. The fourth-order valence-corrected chi connectivity index (χ4v) is 9.56. The monoisotopic (exact) mass is 808 g/mol. The Hall–Kier alpha value is -7.50. The molecule has 0 bridgehead atoms. The van der Waals surface area contributed by atoms with Crippen LogP contribution in [0.2, 0.25) is 0 Å². The zero-order chi connectivity index (χ0) is 42.0. The van der Waals surface area contributed by atoms with Crippen LogP contribution in [0.15, 0.2) is 199 Å². The maximum atomic E-state index is 15.9. The van der Waals surface area contributed by atoms with Crippen molar-refractivity contribution in [2.45, 2.75) is 32.1 Å². The highest BCUT2D eigenvalue weighted by molar-refractivity contribution is 6.15. The molecule has 1 aromatic heterocycles. The maximum absolute atomic E-state index is 15.9. The second-order valence-electron chi connectivity index (χ2n) is 16.9. The van der Waals surface area contributed by atoms with Gasteiger partial charge in [0.15, 0.2) is 0 Å². The summed E-state index contributed by atoms with van der Waals surface area (Å²) in [7, 11) is 0. The van der Waals surface area contributed by atoms with Crippen molar-refractivity contribution in [3.05, 3.63) is 217 Å². The highest BCUT2D eigenvalue weighted by Gasteiger charge is 2.33. The van der Waals surface area contributed by atoms with Gasteiger partial charge in [0.25, 0.3) is 0 Å². The van der Waals surface area contributed by atoms with Crippen LogP contribution in [0.5, 0.6) is 0 Å². The number of halogens is 2. The van der Waals surface area contributed by atoms with Gasteiger partial charge in [0.05, 0.1) is 11.4 Å². The highest BCUT2D eigenvalue weighted by Crippen LogP contribution is 2.50. The first kappa shape index (κ1) is 37.5. The lowest BCUT2D eigenvalue weighted by Gasteiger charge is -2.34. The Labute approximate surface area is 359 Å². The van der Waals surface area contributed by atoms with Gasteiger partial charge in [0.2, 0.25) is 0 Å². The number of hydrogen-bond acceptors (Lipinski definition) is 3. The van der Waals surface area contributed by atoms with E-state index in [9.17, 15) is 0 Å². The van der Waals surface area contributed by atoms with Crippen LogP contribution in [0.25, 0.3) is 55.0 Å². The van der Waals surface area contributed by atoms with E-state index < -0.39 is 0 Å². The van der Waals surface area contributed by atoms with Crippen LogP contribution in [-0.4, -0.2) is 0 Å².